The first kappa shape index (κ1) is 11.3. The summed E-state index contributed by atoms with van der Waals surface area (Å²) in [4.78, 5) is 13.3. The molecule has 2 rings (SSSR count). The average molecular weight is 239 g/mol. The van der Waals surface area contributed by atoms with Crippen LogP contribution in [0.25, 0.3) is 6.08 Å². The van der Waals surface area contributed by atoms with E-state index in [0.29, 0.717) is 10.4 Å². The second-order valence-electron chi connectivity index (χ2n) is 3.38. The summed E-state index contributed by atoms with van der Waals surface area (Å²) in [5.41, 5.74) is 0.667. The van der Waals surface area contributed by atoms with Crippen molar-refractivity contribution in [1.29, 1.82) is 5.26 Å². The van der Waals surface area contributed by atoms with Crippen LogP contribution in [0.5, 0.6) is 0 Å². The van der Waals surface area contributed by atoms with Crippen LogP contribution in [0.3, 0.4) is 0 Å². The Morgan fingerprint density at radius 1 is 1.18 bits per heavy atom. The van der Waals surface area contributed by atoms with Gasteiger partial charge in [0.15, 0.2) is 5.78 Å². The molecule has 0 saturated heterocycles. The summed E-state index contributed by atoms with van der Waals surface area (Å²) in [6, 6.07) is 14.7. The molecule has 1 aromatic heterocycles. The molecule has 0 atom stereocenters. The highest BCUT2D eigenvalue weighted by Gasteiger charge is 2.00. The van der Waals surface area contributed by atoms with E-state index in [1.807, 2.05) is 24.3 Å². The van der Waals surface area contributed by atoms with Gasteiger partial charge in [-0.15, -0.1) is 11.3 Å². The highest BCUT2D eigenvalue weighted by Crippen LogP contribution is 2.17. The van der Waals surface area contributed by atoms with Crippen LogP contribution in [0.4, 0.5) is 0 Å². The second-order valence-corrected chi connectivity index (χ2v) is 4.49. The summed E-state index contributed by atoms with van der Waals surface area (Å²) >= 11 is 1.37. The molecule has 0 amide bonds. The molecule has 2 nitrogen and oxygen atoms in total. The van der Waals surface area contributed by atoms with Gasteiger partial charge >= 0.3 is 0 Å². The minimum absolute atomic E-state index is 0.0301. The number of hydrogen-bond donors (Lipinski definition) is 0. The van der Waals surface area contributed by atoms with E-state index < -0.39 is 0 Å². The third-order valence-electron chi connectivity index (χ3n) is 2.19. The van der Waals surface area contributed by atoms with E-state index in [9.17, 15) is 4.79 Å². The summed E-state index contributed by atoms with van der Waals surface area (Å²) in [7, 11) is 0. The van der Waals surface area contributed by atoms with Crippen LogP contribution in [0.15, 0.2) is 48.5 Å². The monoisotopic (exact) mass is 239 g/mol. The lowest BCUT2D eigenvalue weighted by Gasteiger charge is -1.92. The van der Waals surface area contributed by atoms with Crippen molar-refractivity contribution in [2.45, 2.75) is 0 Å². The van der Waals surface area contributed by atoms with Gasteiger partial charge in [0.1, 0.15) is 10.9 Å². The number of allylic oxidation sites excluding steroid dienone is 1. The Kier molecular flexibility index (Phi) is 3.49. The largest absolute Gasteiger partial charge is 0.289 e. The van der Waals surface area contributed by atoms with Gasteiger partial charge < -0.3 is 0 Å². The average Bonchev–Trinajstić information content (AvgIpc) is 2.85. The molecule has 0 N–H and O–H groups in total. The number of carbonyl (C=O) groups is 1. The summed E-state index contributed by atoms with van der Waals surface area (Å²) in [5, 5.41) is 8.68. The maximum Gasteiger partial charge on any atom is 0.185 e. The molecule has 0 bridgehead atoms. The van der Waals surface area contributed by atoms with Crippen LogP contribution in [-0.2, 0) is 0 Å². The molecule has 0 aliphatic carbocycles. The van der Waals surface area contributed by atoms with Gasteiger partial charge in [0.25, 0.3) is 0 Å². The first-order chi connectivity index (χ1) is 8.29. The van der Waals surface area contributed by atoms with E-state index in [-0.39, 0.29) is 5.78 Å². The van der Waals surface area contributed by atoms with Crippen LogP contribution < -0.4 is 0 Å². The Bertz CT molecular complexity index is 590. The second kappa shape index (κ2) is 5.24. The zero-order chi connectivity index (χ0) is 12.1. The molecule has 1 aromatic carbocycles. The number of thiophene rings is 1. The molecule has 17 heavy (non-hydrogen) atoms. The molecule has 1 heterocycles. The first-order valence-electron chi connectivity index (χ1n) is 5.07. The van der Waals surface area contributed by atoms with E-state index in [1.165, 1.54) is 17.4 Å². The fourth-order valence-corrected chi connectivity index (χ4v) is 2.07. The molecule has 0 aliphatic rings. The van der Waals surface area contributed by atoms with Gasteiger partial charge in [-0.3, -0.25) is 4.79 Å². The number of benzene rings is 1. The lowest BCUT2D eigenvalue weighted by Crippen LogP contribution is -1.92. The van der Waals surface area contributed by atoms with E-state index in [0.717, 1.165) is 4.88 Å². The van der Waals surface area contributed by atoms with E-state index >= 15 is 0 Å². The van der Waals surface area contributed by atoms with E-state index in [2.05, 4.69) is 6.07 Å². The van der Waals surface area contributed by atoms with Crippen LogP contribution in [0.1, 0.15) is 20.1 Å². The fourth-order valence-electron chi connectivity index (χ4n) is 1.36. The van der Waals surface area contributed by atoms with Gasteiger partial charge in [0.2, 0.25) is 0 Å². The van der Waals surface area contributed by atoms with Crippen LogP contribution >= 0.6 is 11.3 Å². The highest BCUT2D eigenvalue weighted by atomic mass is 32.1. The maximum atomic E-state index is 11.7. The van der Waals surface area contributed by atoms with Crippen molar-refractivity contribution >= 4 is 23.2 Å². The fraction of sp³-hybridized carbons (Fsp3) is 0. The summed E-state index contributed by atoms with van der Waals surface area (Å²) in [6.45, 7) is 0. The maximum absolute atomic E-state index is 11.7. The number of nitriles is 1. The number of rotatable bonds is 3. The van der Waals surface area contributed by atoms with Crippen molar-refractivity contribution in [3.05, 3.63) is 63.9 Å². The molecule has 82 valence electrons. The van der Waals surface area contributed by atoms with Crippen molar-refractivity contribution in [2.24, 2.45) is 0 Å². The molecule has 0 fully saturated rings. The quantitative estimate of drug-likeness (QED) is 0.607. The Morgan fingerprint density at radius 2 is 1.94 bits per heavy atom. The normalized spacial score (nSPS) is 10.3. The number of hydrogen-bond acceptors (Lipinski definition) is 3. The van der Waals surface area contributed by atoms with Crippen LogP contribution in [0, 0.1) is 11.3 Å². The zero-order valence-electron chi connectivity index (χ0n) is 8.96. The number of nitrogens with zero attached hydrogens (tertiary/aromatic N) is 1. The highest BCUT2D eigenvalue weighted by molar-refractivity contribution is 7.13. The van der Waals surface area contributed by atoms with Gasteiger partial charge in [-0.25, -0.2) is 0 Å². The lowest BCUT2D eigenvalue weighted by atomic mass is 10.1. The summed E-state index contributed by atoms with van der Waals surface area (Å²) in [6.07, 6.45) is 3.27. The van der Waals surface area contributed by atoms with Gasteiger partial charge in [-0.1, -0.05) is 30.3 Å². The Morgan fingerprint density at radius 3 is 2.59 bits per heavy atom. The third kappa shape index (κ3) is 2.90. The smallest absolute Gasteiger partial charge is 0.185 e. The molecule has 0 aliphatic heterocycles. The van der Waals surface area contributed by atoms with Crippen LogP contribution in [0.2, 0.25) is 0 Å². The molecule has 0 saturated carbocycles. The molecule has 0 radical (unpaired) electrons. The SMILES string of the molecule is N#Cc1ccc(C=CC(=O)c2ccccc2)s1. The lowest BCUT2D eigenvalue weighted by molar-refractivity contribution is 0.104. The minimum Gasteiger partial charge on any atom is -0.289 e. The van der Waals surface area contributed by atoms with Crippen molar-refractivity contribution in [2.75, 3.05) is 0 Å². The first-order valence-corrected chi connectivity index (χ1v) is 5.88. The predicted molar refractivity (Wildman–Crippen MR) is 68.8 cm³/mol. The minimum atomic E-state index is -0.0301. The third-order valence-corrected chi connectivity index (χ3v) is 3.15. The van der Waals surface area contributed by atoms with Crippen LogP contribution in [-0.4, -0.2) is 5.78 Å². The Balaban J connectivity index is 2.12. The standard InChI is InChI=1S/C14H9NOS/c15-10-13-7-6-12(17-13)8-9-14(16)11-4-2-1-3-5-11/h1-9H. The topological polar surface area (TPSA) is 40.9 Å². The van der Waals surface area contributed by atoms with E-state index in [4.69, 9.17) is 5.26 Å². The number of carbonyl (C=O) groups excluding carboxylic acids is 1. The van der Waals surface area contributed by atoms with Crippen molar-refractivity contribution < 1.29 is 4.79 Å². The van der Waals surface area contributed by atoms with Gasteiger partial charge in [0.05, 0.1) is 0 Å². The number of ketones is 1. The van der Waals surface area contributed by atoms with Gasteiger partial charge in [-0.05, 0) is 24.3 Å². The van der Waals surface area contributed by atoms with Crippen molar-refractivity contribution in [3.63, 3.8) is 0 Å². The summed E-state index contributed by atoms with van der Waals surface area (Å²) in [5.74, 6) is -0.0301. The Hall–Kier alpha value is -2.18. The van der Waals surface area contributed by atoms with Gasteiger partial charge in [0, 0.05) is 10.4 Å². The molecule has 0 spiro atoms. The van der Waals surface area contributed by atoms with Crippen molar-refractivity contribution in [3.8, 4) is 6.07 Å². The van der Waals surface area contributed by atoms with E-state index in [1.54, 1.807) is 24.3 Å². The Labute approximate surface area is 103 Å². The molecular weight excluding hydrogens is 230 g/mol. The molecule has 2 aromatic rings. The summed E-state index contributed by atoms with van der Waals surface area (Å²) < 4.78 is 0. The van der Waals surface area contributed by atoms with Gasteiger partial charge in [-0.2, -0.15) is 5.26 Å². The molecule has 3 heteroatoms. The zero-order valence-corrected chi connectivity index (χ0v) is 9.78. The van der Waals surface area contributed by atoms with Crippen molar-refractivity contribution in [1.82, 2.24) is 0 Å². The molecular formula is C14H9NOS. The predicted octanol–water partition coefficient (Wildman–Crippen LogP) is 3.52. The molecule has 0 unspecified atom stereocenters.